The fourth-order valence-corrected chi connectivity index (χ4v) is 0. The van der Waals surface area contributed by atoms with E-state index in [1.807, 2.05) is 0 Å². The predicted octanol–water partition coefficient (Wildman–Crippen LogP) is 4.90. The summed E-state index contributed by atoms with van der Waals surface area (Å²) < 4.78 is 0. The van der Waals surface area contributed by atoms with E-state index in [2.05, 4.69) is 24.4 Å². The largest absolute Gasteiger partial charge is 3.00 e. The Kier molecular flexibility index (Phi) is 2280. The van der Waals surface area contributed by atoms with Crippen LogP contribution in [-0.2, 0) is 16.8 Å². The smallest absolute Gasteiger partial charge is 0.753 e. The van der Waals surface area contributed by atoms with Gasteiger partial charge in [-0.05, 0) is 0 Å². The molecule has 0 heterocycles. The molecule has 7 nitrogen and oxygen atoms in total. The molecular weight excluding hydrogens is 245 g/mol. The Bertz CT molecular complexity index is 73.4. The first kappa shape index (κ1) is 92.8. The number of nitrogens with zero attached hydrogens (tertiary/aromatic N) is 2. The van der Waals surface area contributed by atoms with Crippen molar-refractivity contribution in [3.63, 3.8) is 0 Å². The molecule has 0 radical (unpaired) electrons. The number of thiocarbonyl (C=S) groups is 2. The van der Waals surface area contributed by atoms with Crippen LogP contribution in [0.15, 0.2) is 0 Å². The third-order valence-corrected chi connectivity index (χ3v) is 0. The zero-order valence-electron chi connectivity index (χ0n) is 5.93. The molecule has 0 aromatic carbocycles. The number of nitrogens with two attached hydrogens (primary N) is 5. The summed E-state index contributed by atoms with van der Waals surface area (Å²) in [5.41, 5.74) is 0. The van der Waals surface area contributed by atoms with Crippen molar-refractivity contribution in [2.24, 2.45) is 0 Å². The molecular formula is C2H10CoN7S2-4. The van der Waals surface area contributed by atoms with Crippen LogP contribution in [0, 0.1) is 0 Å². The van der Waals surface area contributed by atoms with Crippen LogP contribution in [0.3, 0.4) is 0 Å². The van der Waals surface area contributed by atoms with E-state index in [1.54, 1.807) is 0 Å². The average Bonchev–Trinajstić information content (AvgIpc) is 1.39. The van der Waals surface area contributed by atoms with Crippen molar-refractivity contribution >= 4 is 34.8 Å². The first-order valence-corrected chi connectivity index (χ1v) is 1.67. The van der Waals surface area contributed by atoms with Gasteiger partial charge in [-0.2, -0.15) is 10.3 Å². The molecule has 10 N–H and O–H groups in total. The van der Waals surface area contributed by atoms with Gasteiger partial charge in [0, 0.05) is 0 Å². The molecule has 0 aromatic rings. The second kappa shape index (κ2) is 294. The Morgan fingerprint density at radius 1 is 0.667 bits per heavy atom. The molecule has 0 amide bonds. The van der Waals surface area contributed by atoms with Crippen LogP contribution in [0.25, 0.3) is 41.6 Å². The molecule has 0 aliphatic carbocycles. The molecule has 0 saturated heterocycles. The first-order valence-electron chi connectivity index (χ1n) is 0.855. The van der Waals surface area contributed by atoms with E-state index >= 15 is 0 Å². The minimum atomic E-state index is 0. The monoisotopic (exact) mass is 255 g/mol. The quantitative estimate of drug-likeness (QED) is 0.435. The van der Waals surface area contributed by atoms with Gasteiger partial charge in [0.25, 0.3) is 0 Å². The van der Waals surface area contributed by atoms with Gasteiger partial charge in [0.15, 0.2) is 0 Å². The number of hydrogen-bond acceptors (Lipinski definition) is 2. The minimum Gasteiger partial charge on any atom is -0.753 e. The molecule has 0 saturated carbocycles. The zero-order chi connectivity index (χ0) is 5.41. The minimum absolute atomic E-state index is 0. The van der Waals surface area contributed by atoms with Crippen molar-refractivity contribution in [3.8, 4) is 0 Å². The normalized spacial score (nSPS) is 1.33. The second-order valence-corrected chi connectivity index (χ2v) is 0.548. The van der Waals surface area contributed by atoms with Gasteiger partial charge >= 0.3 is 16.8 Å². The molecule has 0 bridgehead atoms. The van der Waals surface area contributed by atoms with Gasteiger partial charge in [-0.3, -0.25) is 0 Å². The summed E-state index contributed by atoms with van der Waals surface area (Å²) in [5, 5.41) is 16.9. The first-order chi connectivity index (χ1) is 2.83. The third kappa shape index (κ3) is 89900. The Balaban J connectivity index is -0.00000000296. The molecule has 10 heteroatoms. The van der Waals surface area contributed by atoms with Crippen molar-refractivity contribution in [3.05, 3.63) is 41.6 Å². The van der Waals surface area contributed by atoms with Crippen LogP contribution in [0.2, 0.25) is 0 Å². The van der Waals surface area contributed by atoms with Crippen molar-refractivity contribution in [2.45, 2.75) is 0 Å². The van der Waals surface area contributed by atoms with Crippen LogP contribution < -0.4 is 0 Å². The average molecular weight is 255 g/mol. The topological polar surface area (TPSA) is 212 Å². The maximum absolute atomic E-state index is 7.13. The van der Waals surface area contributed by atoms with Crippen LogP contribution in [0.5, 0.6) is 0 Å². The standard InChI is InChI=1S/2CNS.Co.5H2N/c2*2-1-3;;;;;;/h;;;5*1H2/q2*-1;+3;5*-1. The van der Waals surface area contributed by atoms with Crippen LogP contribution >= 0.6 is 24.4 Å². The molecule has 0 rings (SSSR count). The maximum atomic E-state index is 7.13. The third-order valence-electron chi connectivity index (χ3n) is 0. The van der Waals surface area contributed by atoms with Crippen LogP contribution in [0.1, 0.15) is 0 Å². The summed E-state index contributed by atoms with van der Waals surface area (Å²) in [5.74, 6) is 0. The fourth-order valence-electron chi connectivity index (χ4n) is 0. The molecule has 0 aliphatic rings. The van der Waals surface area contributed by atoms with E-state index in [1.165, 1.54) is 10.3 Å². The maximum Gasteiger partial charge on any atom is 3.00 e. The van der Waals surface area contributed by atoms with E-state index in [-0.39, 0.29) is 47.5 Å². The molecule has 0 aromatic heterocycles. The SMILES string of the molecule is [Co+3].[N-]=C=S.[N-]=C=S.[NH2-].[NH2-].[NH2-].[NH2-].[NH2-]. The van der Waals surface area contributed by atoms with Gasteiger partial charge in [-0.15, -0.1) is 0 Å². The van der Waals surface area contributed by atoms with Crippen LogP contribution in [0.4, 0.5) is 0 Å². The molecule has 78 valence electrons. The predicted molar refractivity (Wildman–Crippen MR) is 58.3 cm³/mol. The summed E-state index contributed by atoms with van der Waals surface area (Å²) in [7, 11) is 0. The van der Waals surface area contributed by atoms with E-state index in [9.17, 15) is 0 Å². The summed E-state index contributed by atoms with van der Waals surface area (Å²) in [6.45, 7) is 0. The van der Waals surface area contributed by atoms with Crippen molar-refractivity contribution in [1.82, 2.24) is 0 Å². The van der Waals surface area contributed by atoms with Gasteiger partial charge in [0.05, 0.1) is 0 Å². The molecule has 0 aliphatic heterocycles. The Morgan fingerprint density at radius 3 is 0.667 bits per heavy atom. The Morgan fingerprint density at radius 2 is 0.667 bits per heavy atom. The van der Waals surface area contributed by atoms with Crippen LogP contribution in [-0.4, -0.2) is 10.3 Å². The van der Waals surface area contributed by atoms with Gasteiger partial charge in [0.2, 0.25) is 0 Å². The van der Waals surface area contributed by atoms with Gasteiger partial charge in [0.1, 0.15) is 0 Å². The number of rotatable bonds is 0. The van der Waals surface area contributed by atoms with Crippen molar-refractivity contribution in [2.75, 3.05) is 0 Å². The molecule has 0 spiro atoms. The molecule has 0 unspecified atom stereocenters. The van der Waals surface area contributed by atoms with Crippen molar-refractivity contribution in [1.29, 1.82) is 0 Å². The Labute approximate surface area is 93.2 Å². The fraction of sp³-hybridized carbons (Fsp3) is 0. The summed E-state index contributed by atoms with van der Waals surface area (Å²) in [4.78, 5) is 0. The molecule has 0 atom stereocenters. The number of hydrogen-bond donors (Lipinski definition) is 0. The summed E-state index contributed by atoms with van der Waals surface area (Å²) in [6, 6.07) is 0. The zero-order valence-corrected chi connectivity index (χ0v) is 8.61. The van der Waals surface area contributed by atoms with E-state index in [0.29, 0.717) is 0 Å². The van der Waals surface area contributed by atoms with E-state index < -0.39 is 0 Å². The summed E-state index contributed by atoms with van der Waals surface area (Å²) >= 11 is 7.40. The second-order valence-electron chi connectivity index (χ2n) is 0.183. The van der Waals surface area contributed by atoms with E-state index in [4.69, 9.17) is 10.8 Å². The number of isothiocyanates is 2. The Hall–Kier alpha value is -0.0935. The van der Waals surface area contributed by atoms with E-state index in [0.717, 1.165) is 0 Å². The van der Waals surface area contributed by atoms with Gasteiger partial charge in [-0.1, -0.05) is 24.4 Å². The summed E-state index contributed by atoms with van der Waals surface area (Å²) in [6.07, 6.45) is 0. The van der Waals surface area contributed by atoms with Gasteiger partial charge in [-0.25, -0.2) is 0 Å². The van der Waals surface area contributed by atoms with Gasteiger partial charge < -0.3 is 41.6 Å². The molecule has 12 heavy (non-hydrogen) atoms. The molecule has 0 fully saturated rings. The van der Waals surface area contributed by atoms with Crippen molar-refractivity contribution < 1.29 is 16.8 Å².